The summed E-state index contributed by atoms with van der Waals surface area (Å²) in [4.78, 5) is 2.39. The van der Waals surface area contributed by atoms with Crippen molar-refractivity contribution in [3.05, 3.63) is 176 Å². The fourth-order valence-electron chi connectivity index (χ4n) is 7.75. The number of benzene rings is 8. The van der Waals surface area contributed by atoms with E-state index >= 15 is 0 Å². The first-order valence-electron chi connectivity index (χ1n) is 17.5. The Kier molecular flexibility index (Phi) is 6.42. The van der Waals surface area contributed by atoms with Crippen molar-refractivity contribution in [2.24, 2.45) is 0 Å². The van der Waals surface area contributed by atoms with Gasteiger partial charge in [0, 0.05) is 48.4 Å². The minimum Gasteiger partial charge on any atom is -0.456 e. The van der Waals surface area contributed by atoms with Crippen molar-refractivity contribution in [3.8, 4) is 22.3 Å². The molecular formula is C48H29NO2S. The molecule has 0 bridgehead atoms. The minimum absolute atomic E-state index is 0.904. The number of hydrogen-bond acceptors (Lipinski definition) is 4. The van der Waals surface area contributed by atoms with Gasteiger partial charge in [0.25, 0.3) is 0 Å². The van der Waals surface area contributed by atoms with Crippen LogP contribution in [0.5, 0.6) is 0 Å². The molecule has 4 heteroatoms. The van der Waals surface area contributed by atoms with Crippen molar-refractivity contribution >= 4 is 92.4 Å². The number of furan rings is 2. The summed E-state index contributed by atoms with van der Waals surface area (Å²) in [5, 5.41) is 7.12. The molecule has 11 rings (SSSR count). The number of thiophene rings is 1. The zero-order chi connectivity index (χ0) is 34.2. The molecule has 3 heterocycles. The van der Waals surface area contributed by atoms with Gasteiger partial charge in [-0.25, -0.2) is 0 Å². The maximum Gasteiger partial charge on any atom is 0.136 e. The topological polar surface area (TPSA) is 29.5 Å². The summed E-state index contributed by atoms with van der Waals surface area (Å²) in [6.07, 6.45) is 0. The van der Waals surface area contributed by atoms with Gasteiger partial charge in [-0.15, -0.1) is 11.3 Å². The number of anilines is 3. The van der Waals surface area contributed by atoms with Crippen LogP contribution in [0.4, 0.5) is 17.1 Å². The molecule has 0 N–H and O–H groups in total. The zero-order valence-electron chi connectivity index (χ0n) is 27.9. The highest BCUT2D eigenvalue weighted by Gasteiger charge is 2.19. The summed E-state index contributed by atoms with van der Waals surface area (Å²) in [6, 6.07) is 62.7. The lowest BCUT2D eigenvalue weighted by Gasteiger charge is -2.26. The molecule has 0 radical (unpaired) electrons. The van der Waals surface area contributed by atoms with E-state index < -0.39 is 0 Å². The van der Waals surface area contributed by atoms with Crippen LogP contribution in [0.25, 0.3) is 86.3 Å². The van der Waals surface area contributed by atoms with E-state index in [0.29, 0.717) is 0 Å². The molecule has 0 spiro atoms. The van der Waals surface area contributed by atoms with Crippen molar-refractivity contribution in [2.45, 2.75) is 0 Å². The van der Waals surface area contributed by atoms with Crippen LogP contribution in [0.15, 0.2) is 185 Å². The Hall–Kier alpha value is -6.62. The summed E-state index contributed by atoms with van der Waals surface area (Å²) in [7, 11) is 0. The van der Waals surface area contributed by atoms with Crippen LogP contribution in [0.1, 0.15) is 0 Å². The predicted molar refractivity (Wildman–Crippen MR) is 219 cm³/mol. The summed E-state index contributed by atoms with van der Waals surface area (Å²) < 4.78 is 14.9. The van der Waals surface area contributed by atoms with Crippen LogP contribution < -0.4 is 4.90 Å². The van der Waals surface area contributed by atoms with Crippen molar-refractivity contribution in [2.75, 3.05) is 4.90 Å². The molecule has 0 saturated carbocycles. The first kappa shape index (κ1) is 29.1. The normalized spacial score (nSPS) is 11.8. The average molecular weight is 684 g/mol. The molecule has 0 amide bonds. The summed E-state index contributed by atoms with van der Waals surface area (Å²) >= 11 is 1.85. The SMILES string of the molecule is c1ccc2c(c1)oc1cc(-c3ccc(N(c4ccc(-c5ccc6oc7ccccc7c6c5)cc4)c4cccc5c4sc4ccccc45)cc3)ccc12. The second-order valence-electron chi connectivity index (χ2n) is 13.3. The lowest BCUT2D eigenvalue weighted by atomic mass is 10.0. The van der Waals surface area contributed by atoms with Crippen molar-refractivity contribution in [1.82, 2.24) is 0 Å². The van der Waals surface area contributed by atoms with E-state index in [4.69, 9.17) is 8.83 Å². The highest BCUT2D eigenvalue weighted by atomic mass is 32.1. The van der Waals surface area contributed by atoms with Gasteiger partial charge in [0.15, 0.2) is 0 Å². The Morgan fingerprint density at radius 3 is 1.60 bits per heavy atom. The molecule has 0 atom stereocenters. The molecule has 0 aliphatic heterocycles. The molecule has 0 aliphatic carbocycles. The van der Waals surface area contributed by atoms with Crippen LogP contribution in [-0.4, -0.2) is 0 Å². The molecule has 0 fully saturated rings. The first-order chi connectivity index (χ1) is 25.7. The third-order valence-corrected chi connectivity index (χ3v) is 11.5. The quantitative estimate of drug-likeness (QED) is 0.181. The molecule has 244 valence electrons. The Balaban J connectivity index is 1.02. The van der Waals surface area contributed by atoms with Crippen LogP contribution in [0, 0.1) is 0 Å². The Morgan fingerprint density at radius 1 is 0.346 bits per heavy atom. The highest BCUT2D eigenvalue weighted by molar-refractivity contribution is 7.26. The predicted octanol–water partition coefficient (Wildman–Crippen LogP) is 14.7. The third-order valence-electron chi connectivity index (χ3n) is 10.3. The van der Waals surface area contributed by atoms with Gasteiger partial charge in [-0.1, -0.05) is 103 Å². The molecule has 0 unspecified atom stereocenters. The van der Waals surface area contributed by atoms with E-state index in [-0.39, 0.29) is 0 Å². The van der Waals surface area contributed by atoms with E-state index in [9.17, 15) is 0 Å². The maximum atomic E-state index is 6.22. The van der Waals surface area contributed by atoms with Crippen LogP contribution in [0.2, 0.25) is 0 Å². The Labute approximate surface area is 303 Å². The average Bonchev–Trinajstić information content (AvgIpc) is 3.90. The van der Waals surface area contributed by atoms with Crippen molar-refractivity contribution in [1.29, 1.82) is 0 Å². The molecule has 3 aromatic heterocycles. The standard InChI is InChI=1S/C48H29NO2S/c1-4-13-43-36(8-1)38-26-20-33(29-46(38)51-43)31-18-24-35(25-19-31)49(42-12-7-11-40-39-10-3-6-15-47(39)52-48(40)42)34-22-16-30(17-23-34)32-21-27-45-41(28-32)37-9-2-5-14-44(37)50-45/h1-29H. The van der Waals surface area contributed by atoms with E-state index in [1.165, 1.54) is 20.2 Å². The number of nitrogens with zero attached hydrogens (tertiary/aromatic N) is 1. The van der Waals surface area contributed by atoms with Crippen molar-refractivity contribution < 1.29 is 8.83 Å². The van der Waals surface area contributed by atoms with Crippen LogP contribution in [0.3, 0.4) is 0 Å². The Morgan fingerprint density at radius 2 is 0.865 bits per heavy atom. The number of hydrogen-bond donors (Lipinski definition) is 0. The highest BCUT2D eigenvalue weighted by Crippen LogP contribution is 2.45. The molecule has 8 aromatic carbocycles. The van der Waals surface area contributed by atoms with E-state index in [1.807, 2.05) is 35.6 Å². The van der Waals surface area contributed by atoms with Gasteiger partial charge in [-0.2, -0.15) is 0 Å². The number of fused-ring (bicyclic) bond motifs is 9. The fourth-order valence-corrected chi connectivity index (χ4v) is 8.96. The largest absolute Gasteiger partial charge is 0.456 e. The summed E-state index contributed by atoms with van der Waals surface area (Å²) in [5.74, 6) is 0. The maximum absolute atomic E-state index is 6.22. The summed E-state index contributed by atoms with van der Waals surface area (Å²) in [6.45, 7) is 0. The molecule has 3 nitrogen and oxygen atoms in total. The smallest absolute Gasteiger partial charge is 0.136 e. The van der Waals surface area contributed by atoms with Gasteiger partial charge >= 0.3 is 0 Å². The van der Waals surface area contributed by atoms with Gasteiger partial charge in [0.1, 0.15) is 22.3 Å². The molecule has 0 saturated heterocycles. The number of para-hydroxylation sites is 2. The first-order valence-corrected chi connectivity index (χ1v) is 18.3. The van der Waals surface area contributed by atoms with Gasteiger partial charge < -0.3 is 13.7 Å². The van der Waals surface area contributed by atoms with Gasteiger partial charge in [0.05, 0.1) is 10.4 Å². The molecule has 0 aliphatic rings. The second kappa shape index (κ2) is 11.5. The monoisotopic (exact) mass is 683 g/mol. The lowest BCUT2D eigenvalue weighted by molar-refractivity contribution is 0.668. The van der Waals surface area contributed by atoms with Gasteiger partial charge in [0.2, 0.25) is 0 Å². The van der Waals surface area contributed by atoms with Gasteiger partial charge in [-0.3, -0.25) is 0 Å². The van der Waals surface area contributed by atoms with E-state index in [2.05, 4.69) is 157 Å². The van der Waals surface area contributed by atoms with Gasteiger partial charge in [-0.05, 0) is 95.1 Å². The zero-order valence-corrected chi connectivity index (χ0v) is 28.7. The fraction of sp³-hybridized carbons (Fsp3) is 0. The van der Waals surface area contributed by atoms with Crippen LogP contribution >= 0.6 is 11.3 Å². The minimum atomic E-state index is 0.904. The third kappa shape index (κ3) is 4.58. The van der Waals surface area contributed by atoms with Crippen molar-refractivity contribution in [3.63, 3.8) is 0 Å². The second-order valence-corrected chi connectivity index (χ2v) is 14.4. The molecule has 52 heavy (non-hydrogen) atoms. The number of rotatable bonds is 5. The van der Waals surface area contributed by atoms with Crippen LogP contribution in [-0.2, 0) is 0 Å². The van der Waals surface area contributed by atoms with E-state index in [0.717, 1.165) is 83.2 Å². The summed E-state index contributed by atoms with van der Waals surface area (Å²) in [5.41, 5.74) is 11.6. The molecule has 11 aromatic rings. The Bertz CT molecular complexity index is 3130. The van der Waals surface area contributed by atoms with E-state index in [1.54, 1.807) is 0 Å². The molecular weight excluding hydrogens is 655 g/mol. The lowest BCUT2D eigenvalue weighted by Crippen LogP contribution is -2.10.